The number of fused-ring (bicyclic) bond motifs is 4. The van der Waals surface area contributed by atoms with Gasteiger partial charge in [-0.1, -0.05) is 79.0 Å². The molecule has 6 atom stereocenters. The van der Waals surface area contributed by atoms with Crippen LogP contribution in [-0.2, 0) is 22.6 Å². The van der Waals surface area contributed by atoms with E-state index in [9.17, 15) is 0 Å². The highest BCUT2D eigenvalue weighted by Crippen LogP contribution is 2.37. The van der Waals surface area contributed by atoms with Crippen LogP contribution in [0.1, 0.15) is 24.0 Å². The predicted octanol–water partition coefficient (Wildman–Crippen LogP) is 7.48. The summed E-state index contributed by atoms with van der Waals surface area (Å²) in [5.74, 6) is 2.68. The van der Waals surface area contributed by atoms with Crippen molar-refractivity contribution in [1.82, 2.24) is 14.7 Å². The molecule has 0 radical (unpaired) electrons. The second kappa shape index (κ2) is 14.3. The van der Waals surface area contributed by atoms with Crippen LogP contribution in [0.15, 0.2) is 139 Å². The average molecular weight is 727 g/mol. The fourth-order valence-corrected chi connectivity index (χ4v) is 9.76. The van der Waals surface area contributed by atoms with Crippen LogP contribution in [0, 0.1) is 11.8 Å². The molecular weight excluding hydrogens is 681 g/mol. The van der Waals surface area contributed by atoms with Crippen molar-refractivity contribution in [2.24, 2.45) is 11.8 Å². The Kier molecular flexibility index (Phi) is 8.94. The minimum absolute atomic E-state index is 0.135. The van der Waals surface area contributed by atoms with Gasteiger partial charge in [-0.2, -0.15) is 0 Å². The van der Waals surface area contributed by atoms with Gasteiger partial charge in [-0.25, -0.2) is 0 Å². The lowest BCUT2D eigenvalue weighted by Gasteiger charge is -2.43. The number of anilines is 1. The normalized spacial score (nSPS) is 29.9. The Balaban J connectivity index is 0.711. The quantitative estimate of drug-likeness (QED) is 0.302. The number of hydrogen-bond acceptors (Lipinski definition) is 9. The Morgan fingerprint density at radius 2 is 1.23 bits per heavy atom. The molecule has 2 aromatic rings. The Morgan fingerprint density at radius 3 is 2.04 bits per heavy atom. The topological polar surface area (TPSA) is 49.9 Å². The number of hydrogen-bond donors (Lipinski definition) is 0. The fourth-order valence-electron chi connectivity index (χ4n) is 8.56. The Bertz CT molecular complexity index is 1980. The molecule has 272 valence electrons. The third kappa shape index (κ3) is 6.86. The van der Waals surface area contributed by atoms with Gasteiger partial charge in [0.1, 0.15) is 25.0 Å². The molecule has 53 heavy (non-hydrogen) atoms. The molecule has 0 saturated carbocycles. The van der Waals surface area contributed by atoms with E-state index < -0.39 is 0 Å². The molecule has 4 aliphatic carbocycles. The maximum Gasteiger partial charge on any atom is 0.161 e. The van der Waals surface area contributed by atoms with E-state index >= 15 is 0 Å². The van der Waals surface area contributed by atoms with Crippen molar-refractivity contribution < 1.29 is 18.9 Å². The smallest absolute Gasteiger partial charge is 0.161 e. The van der Waals surface area contributed by atoms with Gasteiger partial charge in [0.15, 0.2) is 13.5 Å². The maximum atomic E-state index is 6.35. The van der Waals surface area contributed by atoms with E-state index in [1.807, 2.05) is 12.1 Å². The number of rotatable bonds is 6. The third-order valence-corrected chi connectivity index (χ3v) is 12.9. The zero-order valence-corrected chi connectivity index (χ0v) is 30.7. The molecule has 0 bridgehead atoms. The maximum absolute atomic E-state index is 6.35. The van der Waals surface area contributed by atoms with Gasteiger partial charge in [0.2, 0.25) is 0 Å². The fraction of sp³-hybridized carbons (Fsp3) is 0.364. The lowest BCUT2D eigenvalue weighted by Crippen LogP contribution is -2.46. The number of para-hydroxylation sites is 1. The van der Waals surface area contributed by atoms with Crippen LogP contribution >= 0.6 is 11.8 Å². The largest absolute Gasteiger partial charge is 0.473 e. The van der Waals surface area contributed by atoms with E-state index in [1.165, 1.54) is 28.2 Å². The van der Waals surface area contributed by atoms with Crippen LogP contribution in [-0.4, -0.2) is 77.4 Å². The first-order chi connectivity index (χ1) is 26.2. The Labute approximate surface area is 316 Å². The predicted molar refractivity (Wildman–Crippen MR) is 210 cm³/mol. The number of thioether (sulfide) groups is 1. The van der Waals surface area contributed by atoms with E-state index in [-0.39, 0.29) is 12.2 Å². The van der Waals surface area contributed by atoms with Crippen molar-refractivity contribution in [3.05, 3.63) is 150 Å². The molecule has 2 saturated heterocycles. The molecule has 8 nitrogen and oxygen atoms in total. The Hall–Kier alpha value is -4.57. The van der Waals surface area contributed by atoms with Crippen molar-refractivity contribution in [2.75, 3.05) is 44.9 Å². The van der Waals surface area contributed by atoms with Gasteiger partial charge < -0.3 is 38.5 Å². The minimum Gasteiger partial charge on any atom is -0.473 e. The van der Waals surface area contributed by atoms with Crippen LogP contribution in [0.5, 0.6) is 11.5 Å². The van der Waals surface area contributed by atoms with Gasteiger partial charge in [0, 0.05) is 82.4 Å². The molecule has 4 heterocycles. The number of allylic oxidation sites excluding steroid dienone is 7. The van der Waals surface area contributed by atoms with E-state index in [1.54, 1.807) is 0 Å². The first-order valence-corrected chi connectivity index (χ1v) is 20.0. The summed E-state index contributed by atoms with van der Waals surface area (Å²) in [6.45, 7) is 6.00. The standard InChI is InChI=1S/C44H46N4O4S/c1-3-7-41-31(5-1)23-47(29-49-41)37-13-19-43-33(21-37)25-45(27-51-43)35-9-15-39(16-10-35)53-40-17-11-36(12-18-40)46-26-34-22-38(14-20-44(34)52-28-46)48-24-32-6-2-4-8-42(32)50-30-48/h1-15,17,19-22,31,33,39-41,43H,16,18,23-30H2. The van der Waals surface area contributed by atoms with Crippen LogP contribution in [0.4, 0.5) is 5.69 Å². The summed E-state index contributed by atoms with van der Waals surface area (Å²) >= 11 is 2.06. The van der Waals surface area contributed by atoms with Crippen molar-refractivity contribution in [3.8, 4) is 11.5 Å². The summed E-state index contributed by atoms with van der Waals surface area (Å²) in [6.07, 6.45) is 32.1. The molecule has 4 aliphatic heterocycles. The molecule has 10 rings (SSSR count). The Morgan fingerprint density at radius 1 is 0.566 bits per heavy atom. The third-order valence-electron chi connectivity index (χ3n) is 11.5. The van der Waals surface area contributed by atoms with Gasteiger partial charge in [-0.15, -0.1) is 11.8 Å². The van der Waals surface area contributed by atoms with Gasteiger partial charge in [-0.3, -0.25) is 0 Å². The molecule has 0 aromatic heterocycles. The molecule has 8 aliphatic rings. The molecule has 2 fully saturated rings. The van der Waals surface area contributed by atoms with Crippen molar-refractivity contribution in [2.45, 2.75) is 48.6 Å². The summed E-state index contributed by atoms with van der Waals surface area (Å²) in [5, 5.41) is 0.924. The van der Waals surface area contributed by atoms with Gasteiger partial charge in [-0.05, 0) is 55.3 Å². The van der Waals surface area contributed by atoms with Crippen molar-refractivity contribution in [3.63, 3.8) is 0 Å². The molecule has 2 aromatic carbocycles. The summed E-state index contributed by atoms with van der Waals surface area (Å²) in [4.78, 5) is 9.40. The second-order valence-electron chi connectivity index (χ2n) is 15.0. The molecule has 0 N–H and O–H groups in total. The van der Waals surface area contributed by atoms with E-state index in [4.69, 9.17) is 18.9 Å². The summed E-state index contributed by atoms with van der Waals surface area (Å²) in [5.41, 5.74) is 7.37. The van der Waals surface area contributed by atoms with Crippen molar-refractivity contribution in [1.29, 1.82) is 0 Å². The van der Waals surface area contributed by atoms with Crippen molar-refractivity contribution >= 4 is 17.4 Å². The van der Waals surface area contributed by atoms with E-state index in [0.29, 0.717) is 49.3 Å². The van der Waals surface area contributed by atoms with Crippen LogP contribution in [0.2, 0.25) is 0 Å². The zero-order valence-electron chi connectivity index (χ0n) is 29.9. The number of ether oxygens (including phenoxy) is 4. The molecule has 0 amide bonds. The lowest BCUT2D eigenvalue weighted by molar-refractivity contribution is -0.0632. The van der Waals surface area contributed by atoms with Crippen LogP contribution in [0.3, 0.4) is 0 Å². The van der Waals surface area contributed by atoms with E-state index in [2.05, 4.69) is 141 Å². The highest BCUT2D eigenvalue weighted by Gasteiger charge is 2.34. The second-order valence-corrected chi connectivity index (χ2v) is 16.5. The van der Waals surface area contributed by atoms with Gasteiger partial charge >= 0.3 is 0 Å². The zero-order chi connectivity index (χ0) is 35.1. The van der Waals surface area contributed by atoms with Gasteiger partial charge in [0.05, 0.1) is 12.2 Å². The average Bonchev–Trinajstić information content (AvgIpc) is 3.23. The monoisotopic (exact) mass is 726 g/mol. The lowest BCUT2D eigenvalue weighted by atomic mass is 9.91. The molecular formula is C44H46N4O4S. The SMILES string of the molecule is C1=CC2CN(C3=CC4CN(C5=CCC(SC6C=CC(N7COc8ccc(N9COc%10ccccc%10C9)cc8C7)=CC6)C=C5)COC4C=C3)COC2C=C1. The number of benzene rings is 2. The summed E-state index contributed by atoms with van der Waals surface area (Å²) in [7, 11) is 0. The van der Waals surface area contributed by atoms with E-state index in [0.717, 1.165) is 56.2 Å². The first-order valence-electron chi connectivity index (χ1n) is 19.1. The molecule has 6 unspecified atom stereocenters. The first kappa shape index (κ1) is 33.0. The van der Waals surface area contributed by atoms with Gasteiger partial charge in [0.25, 0.3) is 0 Å². The minimum atomic E-state index is 0.135. The highest BCUT2D eigenvalue weighted by atomic mass is 32.2. The summed E-state index contributed by atoms with van der Waals surface area (Å²) in [6, 6.07) is 14.8. The van der Waals surface area contributed by atoms with Crippen LogP contribution in [0.25, 0.3) is 0 Å². The molecule has 0 spiro atoms. The highest BCUT2D eigenvalue weighted by molar-refractivity contribution is 8.00. The molecule has 9 heteroatoms. The number of nitrogens with zero attached hydrogens (tertiary/aromatic N) is 4. The van der Waals surface area contributed by atoms with Crippen LogP contribution < -0.4 is 14.4 Å². The summed E-state index contributed by atoms with van der Waals surface area (Å²) < 4.78 is 24.8.